The Kier molecular flexibility index (Phi) is 8.69. The fourth-order valence-electron chi connectivity index (χ4n) is 4.04. The normalized spacial score (nSPS) is 11.5. The van der Waals surface area contributed by atoms with E-state index in [4.69, 9.17) is 14.2 Å². The van der Waals surface area contributed by atoms with Crippen LogP contribution >= 0.6 is 11.5 Å². The van der Waals surface area contributed by atoms with Gasteiger partial charge in [-0.25, -0.2) is 17.7 Å². The van der Waals surface area contributed by atoms with Crippen molar-refractivity contribution in [3.05, 3.63) is 88.7 Å². The van der Waals surface area contributed by atoms with Crippen molar-refractivity contribution in [2.45, 2.75) is 24.0 Å². The maximum Gasteiger partial charge on any atom is 0.416 e. The monoisotopic (exact) mass is 604 g/mol. The van der Waals surface area contributed by atoms with Gasteiger partial charge in [-0.15, -0.1) is 0 Å². The minimum Gasteiger partial charge on any atom is -0.497 e. The fourth-order valence-corrected chi connectivity index (χ4v) is 6.20. The molecule has 0 saturated carbocycles. The molecule has 0 amide bonds. The summed E-state index contributed by atoms with van der Waals surface area (Å²) in [5, 5.41) is 9.95. The molecule has 9 nitrogen and oxygen atoms in total. The van der Waals surface area contributed by atoms with Gasteiger partial charge in [0.25, 0.3) is 10.0 Å². The third-order valence-corrected chi connectivity index (χ3v) is 8.69. The van der Waals surface area contributed by atoms with Crippen LogP contribution in [0.25, 0.3) is 0 Å². The van der Waals surface area contributed by atoms with Crippen molar-refractivity contribution in [3.63, 3.8) is 0 Å². The number of rotatable bonds is 10. The first-order valence-electron chi connectivity index (χ1n) is 11.8. The summed E-state index contributed by atoms with van der Waals surface area (Å²) in [4.78, 5) is 3.90. The lowest BCUT2D eigenvalue weighted by Crippen LogP contribution is -2.30. The Morgan fingerprint density at radius 2 is 1.61 bits per heavy atom. The number of benzene rings is 3. The van der Waals surface area contributed by atoms with Crippen LogP contribution in [-0.2, 0) is 29.2 Å². The fraction of sp³-hybridized carbons (Fsp3) is 0.222. The van der Waals surface area contributed by atoms with Crippen molar-refractivity contribution < 1.29 is 35.8 Å². The first kappa shape index (κ1) is 29.6. The van der Waals surface area contributed by atoms with Crippen LogP contribution in [0.15, 0.2) is 65.8 Å². The molecule has 0 aliphatic heterocycles. The summed E-state index contributed by atoms with van der Waals surface area (Å²) < 4.78 is 88.0. The molecular formula is C27H23F3N4O5S2. The molecule has 0 N–H and O–H groups in total. The number of methoxy groups -OCH3 is 3. The van der Waals surface area contributed by atoms with E-state index < -0.39 is 21.8 Å². The third-order valence-electron chi connectivity index (χ3n) is 6.16. The van der Waals surface area contributed by atoms with Gasteiger partial charge in [-0.1, -0.05) is 12.1 Å². The Hall–Kier alpha value is -4.35. The highest BCUT2D eigenvalue weighted by Gasteiger charge is 2.32. The average Bonchev–Trinajstić information content (AvgIpc) is 3.50. The molecule has 3 aromatic carbocycles. The highest BCUT2D eigenvalue weighted by atomic mass is 32.2. The Morgan fingerprint density at radius 1 is 0.927 bits per heavy atom. The van der Waals surface area contributed by atoms with Crippen LogP contribution in [0, 0.1) is 11.3 Å². The van der Waals surface area contributed by atoms with Crippen LogP contribution in [0.1, 0.15) is 27.8 Å². The number of hydrogen-bond acceptors (Lipinski definition) is 9. The van der Waals surface area contributed by atoms with Crippen molar-refractivity contribution >= 4 is 26.7 Å². The number of sulfonamides is 1. The van der Waals surface area contributed by atoms with E-state index in [0.717, 1.165) is 28.0 Å². The number of ether oxygens (including phenoxy) is 3. The van der Waals surface area contributed by atoms with Crippen molar-refractivity contribution in [2.75, 3.05) is 25.6 Å². The lowest BCUT2D eigenvalue weighted by Gasteiger charge is -2.23. The summed E-state index contributed by atoms with van der Waals surface area (Å²) in [5.41, 5.74) is 0.495. The predicted molar refractivity (Wildman–Crippen MR) is 145 cm³/mol. The maximum absolute atomic E-state index is 13.9. The van der Waals surface area contributed by atoms with Gasteiger partial charge in [0.05, 0.1) is 50.0 Å². The van der Waals surface area contributed by atoms with E-state index in [-0.39, 0.29) is 34.3 Å². The number of nitrogens with zero attached hydrogens (tertiary/aromatic N) is 4. The minimum atomic E-state index is -4.55. The van der Waals surface area contributed by atoms with Gasteiger partial charge in [0.1, 0.15) is 23.6 Å². The summed E-state index contributed by atoms with van der Waals surface area (Å²) in [6, 6.07) is 14.0. The summed E-state index contributed by atoms with van der Waals surface area (Å²) in [6.07, 6.45) is -3.28. The van der Waals surface area contributed by atoms with Gasteiger partial charge in [-0.05, 0) is 47.5 Å². The Bertz CT molecular complexity index is 1690. The van der Waals surface area contributed by atoms with Crippen molar-refractivity contribution in [3.8, 4) is 23.3 Å². The van der Waals surface area contributed by atoms with Crippen LogP contribution in [-0.4, -0.2) is 39.1 Å². The lowest BCUT2D eigenvalue weighted by molar-refractivity contribution is -0.137. The molecule has 1 aromatic heterocycles. The van der Waals surface area contributed by atoms with Crippen molar-refractivity contribution in [2.24, 2.45) is 0 Å². The van der Waals surface area contributed by atoms with Crippen molar-refractivity contribution in [1.82, 2.24) is 9.36 Å². The standard InChI is InChI=1S/C27H23F3N4O5S2/c1-37-22-8-5-19(25(13-22)39-3)15-34(26-32-16-33-40-26)41(35,36)23-9-6-17(20(11-23)14-31)10-18-4-7-21(27(28,29)30)12-24(18)38-2/h4-9,11-13,16H,10,15H2,1-3H3. The van der Waals surface area contributed by atoms with Crippen LogP contribution in [0.2, 0.25) is 0 Å². The molecule has 4 aromatic rings. The molecule has 0 saturated heterocycles. The van der Waals surface area contributed by atoms with Gasteiger partial charge in [0.2, 0.25) is 5.13 Å². The number of aromatic nitrogens is 2. The molecule has 0 unspecified atom stereocenters. The van der Waals surface area contributed by atoms with Gasteiger partial charge in [-0.2, -0.15) is 22.8 Å². The number of halogens is 3. The summed E-state index contributed by atoms with van der Waals surface area (Å²) in [7, 11) is -0.0699. The molecule has 0 aliphatic carbocycles. The molecule has 4 rings (SSSR count). The van der Waals surface area contributed by atoms with Gasteiger partial charge < -0.3 is 14.2 Å². The van der Waals surface area contributed by atoms with Crippen LogP contribution in [0.4, 0.5) is 18.3 Å². The highest BCUT2D eigenvalue weighted by molar-refractivity contribution is 7.93. The Labute approximate surface area is 238 Å². The zero-order valence-corrected chi connectivity index (χ0v) is 23.6. The second-order valence-electron chi connectivity index (χ2n) is 8.55. The zero-order valence-electron chi connectivity index (χ0n) is 22.0. The molecule has 0 atom stereocenters. The van der Waals surface area contributed by atoms with E-state index >= 15 is 0 Å². The van der Waals surface area contributed by atoms with Gasteiger partial charge >= 0.3 is 6.18 Å². The molecule has 0 bridgehead atoms. The van der Waals surface area contributed by atoms with E-state index in [1.165, 1.54) is 51.9 Å². The van der Waals surface area contributed by atoms with Gasteiger partial charge in [0, 0.05) is 29.6 Å². The summed E-state index contributed by atoms with van der Waals surface area (Å²) in [6.45, 7) is -0.156. The molecule has 214 valence electrons. The number of hydrogen-bond donors (Lipinski definition) is 0. The van der Waals surface area contributed by atoms with E-state index in [1.807, 2.05) is 6.07 Å². The second kappa shape index (κ2) is 12.0. The largest absolute Gasteiger partial charge is 0.497 e. The summed E-state index contributed by atoms with van der Waals surface area (Å²) >= 11 is 0.876. The van der Waals surface area contributed by atoms with Crippen LogP contribution in [0.3, 0.4) is 0 Å². The SMILES string of the molecule is COc1ccc(CN(c2ncns2)S(=O)(=O)c2ccc(Cc3ccc(C(F)(F)F)cc3OC)c(C#N)c2)c(OC)c1. The third kappa shape index (κ3) is 6.36. The maximum atomic E-state index is 13.9. The number of anilines is 1. The molecule has 0 fully saturated rings. The molecular weight excluding hydrogens is 581 g/mol. The topological polar surface area (TPSA) is 115 Å². The van der Waals surface area contributed by atoms with Gasteiger partial charge in [0.15, 0.2) is 0 Å². The highest BCUT2D eigenvalue weighted by Crippen LogP contribution is 2.35. The van der Waals surface area contributed by atoms with E-state index in [0.29, 0.717) is 28.2 Å². The first-order chi connectivity index (χ1) is 19.5. The smallest absolute Gasteiger partial charge is 0.416 e. The zero-order chi connectivity index (χ0) is 29.8. The molecule has 0 aliphatic rings. The van der Waals surface area contributed by atoms with E-state index in [9.17, 15) is 26.9 Å². The van der Waals surface area contributed by atoms with Crippen LogP contribution < -0.4 is 18.5 Å². The van der Waals surface area contributed by atoms with Gasteiger partial charge in [-0.3, -0.25) is 0 Å². The molecule has 1 heterocycles. The first-order valence-corrected chi connectivity index (χ1v) is 14.0. The molecule has 14 heteroatoms. The molecule has 41 heavy (non-hydrogen) atoms. The number of alkyl halides is 3. The molecule has 0 spiro atoms. The minimum absolute atomic E-state index is 0.00343. The Morgan fingerprint density at radius 3 is 2.22 bits per heavy atom. The molecule has 0 radical (unpaired) electrons. The van der Waals surface area contributed by atoms with E-state index in [2.05, 4.69) is 9.36 Å². The lowest BCUT2D eigenvalue weighted by atomic mass is 9.98. The Balaban J connectivity index is 1.71. The quantitative estimate of drug-likeness (QED) is 0.235. The predicted octanol–water partition coefficient (Wildman–Crippen LogP) is 5.44. The summed E-state index contributed by atoms with van der Waals surface area (Å²) in [5.74, 6) is 0.916. The van der Waals surface area contributed by atoms with Crippen LogP contribution in [0.5, 0.6) is 17.2 Å². The average molecular weight is 605 g/mol. The van der Waals surface area contributed by atoms with Crippen molar-refractivity contribution in [1.29, 1.82) is 5.26 Å². The number of nitriles is 1. The van der Waals surface area contributed by atoms with E-state index in [1.54, 1.807) is 18.2 Å². The second-order valence-corrected chi connectivity index (χ2v) is 11.2.